The van der Waals surface area contributed by atoms with Crippen molar-refractivity contribution in [3.63, 3.8) is 0 Å². The minimum atomic E-state index is -0.937. The first-order chi connectivity index (χ1) is 23.2. The number of halogens is 4. The molecule has 8 bridgehead atoms. The maximum absolute atomic E-state index is 14.4. The minimum Gasteiger partial charge on any atom is -0.369 e. The van der Waals surface area contributed by atoms with Gasteiger partial charge in [0.15, 0.2) is 23.3 Å². The van der Waals surface area contributed by atoms with Gasteiger partial charge in [0.1, 0.15) is 0 Å². The van der Waals surface area contributed by atoms with Gasteiger partial charge < -0.3 is 19.4 Å². The van der Waals surface area contributed by atoms with Crippen LogP contribution in [0.15, 0.2) is 78.9 Å². The van der Waals surface area contributed by atoms with Gasteiger partial charge >= 0.3 is 0 Å². The van der Waals surface area contributed by atoms with E-state index in [4.69, 9.17) is 19.4 Å². The molecule has 0 saturated heterocycles. The Labute approximate surface area is 273 Å². The van der Waals surface area contributed by atoms with Crippen LogP contribution in [-0.2, 0) is 22.7 Å². The van der Waals surface area contributed by atoms with Gasteiger partial charge in [0.2, 0.25) is 0 Å². The number of nitrogens with one attached hydrogen (secondary N) is 2. The Bertz CT molecular complexity index is 2260. The smallest absolute Gasteiger partial charge is 0.164 e. The lowest BCUT2D eigenvalue weighted by Crippen LogP contribution is -2.11. The van der Waals surface area contributed by atoms with Crippen molar-refractivity contribution in [3.8, 4) is 0 Å². The number of aromatic nitrogens is 4. The summed E-state index contributed by atoms with van der Waals surface area (Å²) in [5.41, 5.74) is 7.64. The van der Waals surface area contributed by atoms with Crippen molar-refractivity contribution < 1.29 is 27.0 Å². The lowest BCUT2D eigenvalue weighted by Gasteiger charge is -2.15. The highest BCUT2D eigenvalue weighted by molar-refractivity contribution is 5.87. The second kappa shape index (κ2) is 13.1. The molecule has 2 N–H and O–H groups in total. The molecule has 0 spiro atoms. The Morgan fingerprint density at radius 1 is 0.625 bits per heavy atom. The van der Waals surface area contributed by atoms with E-state index in [-0.39, 0.29) is 24.3 Å². The number of H-pyrrole nitrogens is 2. The molecule has 0 aliphatic carbocycles. The van der Waals surface area contributed by atoms with E-state index in [1.165, 1.54) is 24.3 Å². The highest BCUT2D eigenvalue weighted by Crippen LogP contribution is 2.31. The van der Waals surface area contributed by atoms with Crippen LogP contribution in [0.25, 0.3) is 45.9 Å². The van der Waals surface area contributed by atoms with Crippen molar-refractivity contribution in [3.05, 3.63) is 142 Å². The van der Waals surface area contributed by atoms with Crippen LogP contribution >= 0.6 is 0 Å². The van der Waals surface area contributed by atoms with Gasteiger partial charge in [0.25, 0.3) is 0 Å². The van der Waals surface area contributed by atoms with E-state index >= 15 is 0 Å². The molecule has 2 aliphatic rings. The zero-order chi connectivity index (χ0) is 33.4. The average Bonchev–Trinajstić information content (AvgIpc) is 3.87. The molecule has 2 aromatic carbocycles. The third-order valence-corrected chi connectivity index (χ3v) is 8.27. The highest BCUT2D eigenvalue weighted by Gasteiger charge is 2.20. The van der Waals surface area contributed by atoms with Crippen molar-refractivity contribution in [2.45, 2.75) is 39.3 Å². The molecule has 2 unspecified atom stereocenters. The van der Waals surface area contributed by atoms with Gasteiger partial charge in [-0.3, -0.25) is 0 Å². The maximum Gasteiger partial charge on any atom is 0.164 e. The molecule has 6 nitrogen and oxygen atoms in total. The topological polar surface area (TPSA) is 75.8 Å². The number of ether oxygens (including phenoxy) is 2. The molecule has 10 heteroatoms. The van der Waals surface area contributed by atoms with Crippen LogP contribution in [0.4, 0.5) is 17.6 Å². The predicted molar refractivity (Wildman–Crippen MR) is 178 cm³/mol. The van der Waals surface area contributed by atoms with Crippen molar-refractivity contribution in [1.82, 2.24) is 19.9 Å². The Morgan fingerprint density at radius 2 is 1.23 bits per heavy atom. The normalized spacial score (nSPS) is 13.8. The first-order valence-corrected chi connectivity index (χ1v) is 15.4. The summed E-state index contributed by atoms with van der Waals surface area (Å²) in [6, 6.07) is 21.4. The summed E-state index contributed by atoms with van der Waals surface area (Å²) in [5.74, 6) is -3.74. The van der Waals surface area contributed by atoms with Gasteiger partial charge in [-0.2, -0.15) is 0 Å². The van der Waals surface area contributed by atoms with E-state index in [2.05, 4.69) is 9.97 Å². The fourth-order valence-electron chi connectivity index (χ4n) is 5.72. The van der Waals surface area contributed by atoms with Crippen molar-refractivity contribution >= 4 is 45.9 Å². The second-order valence-electron chi connectivity index (χ2n) is 11.7. The van der Waals surface area contributed by atoms with E-state index in [0.29, 0.717) is 16.9 Å². The van der Waals surface area contributed by atoms with E-state index in [0.717, 1.165) is 51.2 Å². The molecule has 7 rings (SSSR count). The summed E-state index contributed by atoms with van der Waals surface area (Å²) in [6.07, 6.45) is 4.69. The van der Waals surface area contributed by atoms with Crippen molar-refractivity contribution in [2.24, 2.45) is 0 Å². The second-order valence-corrected chi connectivity index (χ2v) is 11.7. The molecule has 0 amide bonds. The molecule has 5 heterocycles. The monoisotopic (exact) mass is 650 g/mol. The third-order valence-electron chi connectivity index (χ3n) is 8.27. The molecule has 0 saturated carbocycles. The van der Waals surface area contributed by atoms with Gasteiger partial charge in [-0.25, -0.2) is 27.5 Å². The SMILES string of the molecule is CC(OCc1cccc(F)c1F)C1=Cc2cc3[nH]c(cc4nc(cc5ccc(cc1n2)[nH]5)C=C4)cc3C(C)OCc1cccc(F)c1F. The summed E-state index contributed by atoms with van der Waals surface area (Å²) in [4.78, 5) is 16.4. The summed E-state index contributed by atoms with van der Waals surface area (Å²) >= 11 is 0. The number of aromatic amines is 2. The van der Waals surface area contributed by atoms with Gasteiger partial charge in [-0.15, -0.1) is 0 Å². The van der Waals surface area contributed by atoms with Crippen LogP contribution < -0.4 is 0 Å². The van der Waals surface area contributed by atoms with Crippen molar-refractivity contribution in [1.29, 1.82) is 0 Å². The van der Waals surface area contributed by atoms with Crippen LogP contribution in [0.2, 0.25) is 0 Å². The van der Waals surface area contributed by atoms with Gasteiger partial charge in [0, 0.05) is 44.3 Å². The van der Waals surface area contributed by atoms with Crippen molar-refractivity contribution in [2.75, 3.05) is 0 Å². The van der Waals surface area contributed by atoms with E-state index in [9.17, 15) is 17.6 Å². The van der Waals surface area contributed by atoms with E-state index in [1.54, 1.807) is 0 Å². The predicted octanol–water partition coefficient (Wildman–Crippen LogP) is 9.47. The van der Waals surface area contributed by atoms with Crippen LogP contribution in [-0.4, -0.2) is 26.0 Å². The quantitative estimate of drug-likeness (QED) is 0.161. The Kier molecular flexibility index (Phi) is 8.51. The number of fused-ring (bicyclic) bond motifs is 8. The van der Waals surface area contributed by atoms with Crippen LogP contribution in [0, 0.1) is 23.3 Å². The van der Waals surface area contributed by atoms with E-state index < -0.39 is 35.5 Å². The fraction of sp³-hybridized carbons (Fsp3) is 0.158. The Hall–Kier alpha value is -5.32. The first kappa shape index (κ1) is 31.3. The summed E-state index contributed by atoms with van der Waals surface area (Å²) in [7, 11) is 0. The molecule has 5 aromatic rings. The van der Waals surface area contributed by atoms with Crippen LogP contribution in [0.5, 0.6) is 0 Å². The molecule has 3 aromatic heterocycles. The molecular formula is C38H30F4N4O2. The molecule has 0 radical (unpaired) electrons. The third kappa shape index (κ3) is 6.58. The number of rotatable bonds is 8. The average molecular weight is 651 g/mol. The number of hydrogen-bond acceptors (Lipinski definition) is 4. The molecule has 48 heavy (non-hydrogen) atoms. The molecule has 0 fully saturated rings. The molecule has 2 atom stereocenters. The van der Waals surface area contributed by atoms with Crippen LogP contribution in [0.1, 0.15) is 59.4 Å². The summed E-state index contributed by atoms with van der Waals surface area (Å²) in [5, 5.41) is 0. The standard InChI is InChI=1S/C38H30F4N4O2/c1-21(47-19-23-5-3-7-33(39)37(23)41)31-15-29-14-27-10-9-25(43-27)13-26-11-12-28(44-26)17-35-32(16-30(46-35)18-36(31)45-29)22(2)48-20-24-6-4-8-34(40)38(24)42/h3-18,21-22,44-45H,19-20H2,1-2H3. The number of nitrogens with zero attached hydrogens (tertiary/aromatic N) is 2. The summed E-state index contributed by atoms with van der Waals surface area (Å²) in [6.45, 7) is 3.41. The van der Waals surface area contributed by atoms with Gasteiger partial charge in [-0.1, -0.05) is 24.3 Å². The lowest BCUT2D eigenvalue weighted by molar-refractivity contribution is 0.0515. The lowest BCUT2D eigenvalue weighted by atomic mass is 10.1. The highest BCUT2D eigenvalue weighted by atomic mass is 19.2. The molecule has 2 aliphatic heterocycles. The first-order valence-electron chi connectivity index (χ1n) is 15.4. The Morgan fingerprint density at radius 3 is 1.90 bits per heavy atom. The largest absolute Gasteiger partial charge is 0.369 e. The van der Waals surface area contributed by atoms with E-state index in [1.807, 2.05) is 74.5 Å². The fourth-order valence-corrected chi connectivity index (χ4v) is 5.72. The number of hydrogen-bond donors (Lipinski definition) is 2. The number of benzene rings is 2. The minimum absolute atomic E-state index is 0.116. The van der Waals surface area contributed by atoms with Gasteiger partial charge in [-0.05, 0) is 86.7 Å². The Balaban J connectivity index is 1.31. The zero-order valence-corrected chi connectivity index (χ0v) is 26.0. The maximum atomic E-state index is 14.4. The van der Waals surface area contributed by atoms with Crippen LogP contribution in [0.3, 0.4) is 0 Å². The zero-order valence-electron chi connectivity index (χ0n) is 26.0. The molecular weight excluding hydrogens is 620 g/mol. The van der Waals surface area contributed by atoms with Gasteiger partial charge in [0.05, 0.1) is 48.2 Å². The summed E-state index contributed by atoms with van der Waals surface area (Å²) < 4.78 is 68.5. The molecule has 242 valence electrons.